The van der Waals surface area contributed by atoms with Gasteiger partial charge >= 0.3 is 12.1 Å². The van der Waals surface area contributed by atoms with Crippen molar-refractivity contribution in [1.82, 2.24) is 24.0 Å². The van der Waals surface area contributed by atoms with Crippen LogP contribution in [0, 0.1) is 23.2 Å². The lowest BCUT2D eigenvalue weighted by Gasteiger charge is -2.33. The highest BCUT2D eigenvalue weighted by atomic mass is 19.4. The number of aliphatic carboxylic acids is 1. The van der Waals surface area contributed by atoms with Crippen LogP contribution in [0.25, 0.3) is 33.6 Å². The van der Waals surface area contributed by atoms with Gasteiger partial charge in [-0.1, -0.05) is 0 Å². The van der Waals surface area contributed by atoms with Gasteiger partial charge in [0, 0.05) is 49.9 Å². The van der Waals surface area contributed by atoms with E-state index in [0.717, 1.165) is 34.6 Å². The number of hydrogen-bond acceptors (Lipinski definition) is 7. The smallest absolute Gasteiger partial charge is 0.490 e. The molecule has 6 rings (SSSR count). The molecule has 226 valence electrons. The molecule has 1 saturated carbocycles. The fourth-order valence-corrected chi connectivity index (χ4v) is 5.41. The van der Waals surface area contributed by atoms with Crippen molar-refractivity contribution >= 4 is 33.9 Å². The van der Waals surface area contributed by atoms with E-state index in [4.69, 9.17) is 25.4 Å². The summed E-state index contributed by atoms with van der Waals surface area (Å²) in [6, 6.07) is 11.8. The van der Waals surface area contributed by atoms with Crippen LogP contribution in [0.15, 0.2) is 36.5 Å². The van der Waals surface area contributed by atoms with Gasteiger partial charge in [0.25, 0.3) is 5.91 Å². The minimum Gasteiger partial charge on any atom is -0.494 e. The molecule has 14 heteroatoms. The van der Waals surface area contributed by atoms with E-state index in [1.54, 1.807) is 18.1 Å². The van der Waals surface area contributed by atoms with Crippen molar-refractivity contribution in [2.75, 3.05) is 20.2 Å². The second kappa shape index (κ2) is 11.6. The van der Waals surface area contributed by atoms with E-state index in [1.165, 1.54) is 12.8 Å². The van der Waals surface area contributed by atoms with E-state index in [-0.39, 0.29) is 17.9 Å². The number of amides is 1. The third kappa shape index (κ3) is 6.12. The maximum atomic E-state index is 13.4. The summed E-state index contributed by atoms with van der Waals surface area (Å²) >= 11 is 0. The number of aryl methyl sites for hydroxylation is 1. The summed E-state index contributed by atoms with van der Waals surface area (Å²) in [5, 5.41) is 17.6. The zero-order valence-electron chi connectivity index (χ0n) is 23.5. The summed E-state index contributed by atoms with van der Waals surface area (Å²) in [5.41, 5.74) is 10.1. The molecule has 4 aromatic rings. The second-order valence-electron chi connectivity index (χ2n) is 10.9. The molecular formula is C29H30F3N7O4. The predicted molar refractivity (Wildman–Crippen MR) is 150 cm³/mol. The Morgan fingerprint density at radius 3 is 2.58 bits per heavy atom. The number of nitrogens with two attached hydrogens (primary N) is 1. The number of carboxylic acids is 1. The number of carbonyl (C=O) groups excluding carboxylic acids is 1. The number of alkyl halides is 3. The number of rotatable bonds is 5. The highest BCUT2D eigenvalue weighted by Gasteiger charge is 2.38. The lowest BCUT2D eigenvalue weighted by Crippen LogP contribution is -2.49. The topological polar surface area (TPSA) is 152 Å². The van der Waals surface area contributed by atoms with Crippen LogP contribution in [-0.2, 0) is 18.4 Å². The van der Waals surface area contributed by atoms with Crippen molar-refractivity contribution in [2.45, 2.75) is 38.0 Å². The molecule has 1 aliphatic heterocycles. The van der Waals surface area contributed by atoms with Gasteiger partial charge in [-0.05, 0) is 55.5 Å². The summed E-state index contributed by atoms with van der Waals surface area (Å²) in [5.74, 6) is -1.12. The maximum Gasteiger partial charge on any atom is 0.490 e. The van der Waals surface area contributed by atoms with Gasteiger partial charge < -0.3 is 29.6 Å². The fraction of sp³-hybridized carbons (Fsp3) is 0.414. The lowest BCUT2D eigenvalue weighted by molar-refractivity contribution is -0.192. The van der Waals surface area contributed by atoms with E-state index >= 15 is 0 Å². The maximum absolute atomic E-state index is 13.4. The summed E-state index contributed by atoms with van der Waals surface area (Å²) < 4.78 is 41.8. The number of halogens is 3. The fourth-order valence-electron chi connectivity index (χ4n) is 5.41. The van der Waals surface area contributed by atoms with Gasteiger partial charge in [0.2, 0.25) is 0 Å². The minimum atomic E-state index is -5.08. The first-order valence-electron chi connectivity index (χ1n) is 13.6. The molecule has 1 aliphatic carbocycles. The number of nitrogens with zero attached hydrogens (tertiary/aromatic N) is 6. The van der Waals surface area contributed by atoms with E-state index in [9.17, 15) is 23.2 Å². The van der Waals surface area contributed by atoms with Crippen molar-refractivity contribution in [2.24, 2.45) is 24.6 Å². The summed E-state index contributed by atoms with van der Waals surface area (Å²) in [7, 11) is 3.58. The molecule has 0 bridgehead atoms. The second-order valence-corrected chi connectivity index (χ2v) is 10.9. The molecule has 11 nitrogen and oxygen atoms in total. The predicted octanol–water partition coefficient (Wildman–Crippen LogP) is 3.95. The SMILES string of the molecule is COc1cc(C(=O)N2CC(N)CC(C#N)C2)cc2nc(-c3cc4cccnc4n3CC3CC3)n(C)c12.O=C(O)C(F)(F)F. The van der Waals surface area contributed by atoms with Crippen molar-refractivity contribution in [3.8, 4) is 23.3 Å². The number of piperidine rings is 1. The van der Waals surface area contributed by atoms with Crippen LogP contribution in [-0.4, -0.2) is 73.4 Å². The molecule has 2 aliphatic rings. The quantitative estimate of drug-likeness (QED) is 0.351. The first kappa shape index (κ1) is 29.8. The number of aromatic nitrogens is 4. The number of carbonyl (C=O) groups is 2. The molecule has 3 N–H and O–H groups in total. The Bertz CT molecular complexity index is 1740. The van der Waals surface area contributed by atoms with Crippen LogP contribution in [0.2, 0.25) is 0 Å². The van der Waals surface area contributed by atoms with Crippen LogP contribution < -0.4 is 10.5 Å². The Hall–Kier alpha value is -4.64. The van der Waals surface area contributed by atoms with Crippen LogP contribution >= 0.6 is 0 Å². The molecule has 1 saturated heterocycles. The summed E-state index contributed by atoms with van der Waals surface area (Å²) in [6.45, 7) is 1.72. The van der Waals surface area contributed by atoms with Gasteiger partial charge in [-0.25, -0.2) is 14.8 Å². The number of ether oxygens (including phenoxy) is 1. The average molecular weight is 598 g/mol. The highest BCUT2D eigenvalue weighted by Crippen LogP contribution is 2.37. The van der Waals surface area contributed by atoms with Gasteiger partial charge in [-0.2, -0.15) is 18.4 Å². The van der Waals surface area contributed by atoms with E-state index in [2.05, 4.69) is 27.8 Å². The number of carboxylic acid groups (broad SMARTS) is 1. The Morgan fingerprint density at radius 2 is 1.95 bits per heavy atom. The Balaban J connectivity index is 0.000000472. The van der Waals surface area contributed by atoms with Gasteiger partial charge in [-0.15, -0.1) is 0 Å². The number of benzene rings is 1. The number of likely N-dealkylation sites (tertiary alicyclic amines) is 1. The third-order valence-corrected chi connectivity index (χ3v) is 7.62. The van der Waals surface area contributed by atoms with Gasteiger partial charge in [0.1, 0.15) is 16.9 Å². The number of nitriles is 1. The molecule has 3 aromatic heterocycles. The molecule has 1 aromatic carbocycles. The van der Waals surface area contributed by atoms with E-state index in [1.807, 2.05) is 29.9 Å². The Morgan fingerprint density at radius 1 is 1.23 bits per heavy atom. The number of methoxy groups -OCH3 is 1. The first-order valence-corrected chi connectivity index (χ1v) is 13.6. The standard InChI is InChI=1S/C27H29N7O2.C2HF3O2/c1-32-24-21(9-19(11-23(24)36-2)27(35)33-13-17(12-28)8-20(29)15-33)31-26(32)22-10-18-4-3-7-30-25(18)34(22)14-16-5-6-16;3-2(4,5)1(6)7/h3-4,7,9-11,16-17,20H,5-6,8,13-15,29H2,1-2H3;(H,6,7). The van der Waals surface area contributed by atoms with Crippen LogP contribution in [0.4, 0.5) is 13.2 Å². The molecule has 43 heavy (non-hydrogen) atoms. The van der Waals surface area contributed by atoms with Gasteiger partial charge in [-0.3, -0.25) is 4.79 Å². The van der Waals surface area contributed by atoms with E-state index in [0.29, 0.717) is 42.3 Å². The largest absolute Gasteiger partial charge is 0.494 e. The number of fused-ring (bicyclic) bond motifs is 2. The molecular weight excluding hydrogens is 567 g/mol. The first-order chi connectivity index (χ1) is 20.4. The van der Waals surface area contributed by atoms with Crippen molar-refractivity contribution in [3.05, 3.63) is 42.1 Å². The zero-order chi connectivity index (χ0) is 31.1. The van der Waals surface area contributed by atoms with Crippen LogP contribution in [0.1, 0.15) is 29.6 Å². The van der Waals surface area contributed by atoms with Gasteiger partial charge in [0.15, 0.2) is 5.82 Å². The third-order valence-electron chi connectivity index (χ3n) is 7.62. The monoisotopic (exact) mass is 597 g/mol. The van der Waals surface area contributed by atoms with Gasteiger partial charge in [0.05, 0.1) is 30.3 Å². The highest BCUT2D eigenvalue weighted by molar-refractivity contribution is 6.00. The van der Waals surface area contributed by atoms with E-state index < -0.39 is 12.1 Å². The molecule has 2 atom stereocenters. The molecule has 4 heterocycles. The molecule has 2 unspecified atom stereocenters. The zero-order valence-corrected chi connectivity index (χ0v) is 23.5. The van der Waals surface area contributed by atoms with Crippen molar-refractivity contribution < 1.29 is 32.6 Å². The van der Waals surface area contributed by atoms with Crippen molar-refractivity contribution in [3.63, 3.8) is 0 Å². The molecule has 1 amide bonds. The number of hydrogen-bond donors (Lipinski definition) is 2. The molecule has 0 radical (unpaired) electrons. The van der Waals surface area contributed by atoms with Crippen LogP contribution in [0.3, 0.4) is 0 Å². The minimum absolute atomic E-state index is 0.162. The number of imidazole rings is 1. The number of pyridine rings is 1. The molecule has 2 fully saturated rings. The average Bonchev–Trinajstić information content (AvgIpc) is 3.64. The summed E-state index contributed by atoms with van der Waals surface area (Å²) in [6.07, 6.45) is -0.175. The lowest BCUT2D eigenvalue weighted by atomic mass is 9.95. The Labute approximate surface area is 244 Å². The Kier molecular flexibility index (Phi) is 8.02. The normalized spacial score (nSPS) is 18.7. The molecule has 0 spiro atoms. The van der Waals surface area contributed by atoms with Crippen LogP contribution in [0.5, 0.6) is 5.75 Å². The van der Waals surface area contributed by atoms with Crippen molar-refractivity contribution in [1.29, 1.82) is 5.26 Å². The summed E-state index contributed by atoms with van der Waals surface area (Å²) in [4.78, 5) is 33.7.